The minimum Gasteiger partial charge on any atom is -0.390 e. The van der Waals surface area contributed by atoms with Crippen molar-refractivity contribution in [2.24, 2.45) is 0 Å². The third-order valence-electron chi connectivity index (χ3n) is 2.95. The molecule has 0 amide bonds. The zero-order chi connectivity index (χ0) is 15.6. The van der Waals surface area contributed by atoms with E-state index in [1.54, 1.807) is 4.57 Å². The van der Waals surface area contributed by atoms with Crippen LogP contribution >= 0.6 is 15.9 Å². The fraction of sp³-hybridized carbons (Fsp3) is 0.231. The molecule has 21 heavy (non-hydrogen) atoms. The zero-order valence-corrected chi connectivity index (χ0v) is 13.6. The van der Waals surface area contributed by atoms with E-state index in [4.69, 9.17) is 0 Å². The highest BCUT2D eigenvalue weighted by Gasteiger charge is 2.19. The van der Waals surface area contributed by atoms with Crippen molar-refractivity contribution in [2.45, 2.75) is 25.0 Å². The maximum atomic E-state index is 13.7. The second-order valence-corrected chi connectivity index (χ2v) is 6.94. The van der Waals surface area contributed by atoms with Gasteiger partial charge in [-0.05, 0) is 31.2 Å². The number of anilines is 1. The molecule has 0 atom stereocenters. The molecule has 0 aliphatic heterocycles. The lowest BCUT2D eigenvalue weighted by Crippen LogP contribution is -2.13. The maximum absolute atomic E-state index is 13.7. The van der Waals surface area contributed by atoms with E-state index < -0.39 is 15.8 Å². The Kier molecular flexibility index (Phi) is 4.70. The van der Waals surface area contributed by atoms with E-state index in [0.29, 0.717) is 16.7 Å². The highest BCUT2D eigenvalue weighted by atomic mass is 79.9. The van der Waals surface area contributed by atoms with Crippen LogP contribution in [-0.2, 0) is 23.2 Å². The Balaban J connectivity index is 2.36. The van der Waals surface area contributed by atoms with Crippen LogP contribution in [-0.4, -0.2) is 18.1 Å². The Morgan fingerprint density at radius 1 is 1.38 bits per heavy atom. The van der Waals surface area contributed by atoms with E-state index in [-0.39, 0.29) is 17.2 Å². The number of rotatable bonds is 5. The minimum absolute atomic E-state index is 0.0179. The van der Waals surface area contributed by atoms with E-state index in [2.05, 4.69) is 20.7 Å². The molecule has 0 aliphatic carbocycles. The molecule has 1 aromatic carbocycles. The Hall–Kier alpha value is -1.38. The smallest absolute Gasteiger partial charge is 0.263 e. The SMILES string of the molecule is CCn1cc(S(=O)(=O)Nc2ccc(Br)cc2F)cc1CO. The highest BCUT2D eigenvalue weighted by molar-refractivity contribution is 9.10. The molecule has 114 valence electrons. The molecule has 0 fully saturated rings. The molecule has 1 heterocycles. The maximum Gasteiger partial charge on any atom is 0.263 e. The molecule has 1 aromatic heterocycles. The van der Waals surface area contributed by atoms with Gasteiger partial charge in [-0.15, -0.1) is 0 Å². The lowest BCUT2D eigenvalue weighted by molar-refractivity contribution is 0.271. The van der Waals surface area contributed by atoms with Crippen molar-refractivity contribution in [3.8, 4) is 0 Å². The largest absolute Gasteiger partial charge is 0.390 e. The summed E-state index contributed by atoms with van der Waals surface area (Å²) in [6, 6.07) is 5.41. The number of halogens is 2. The molecule has 0 unspecified atom stereocenters. The van der Waals surface area contributed by atoms with Gasteiger partial charge >= 0.3 is 0 Å². The normalized spacial score (nSPS) is 11.6. The summed E-state index contributed by atoms with van der Waals surface area (Å²) in [5, 5.41) is 9.19. The Morgan fingerprint density at radius 2 is 2.10 bits per heavy atom. The summed E-state index contributed by atoms with van der Waals surface area (Å²) < 4.78 is 42.5. The van der Waals surface area contributed by atoms with Gasteiger partial charge in [0.1, 0.15) is 10.7 Å². The zero-order valence-electron chi connectivity index (χ0n) is 11.2. The number of aryl methyl sites for hydroxylation is 1. The van der Waals surface area contributed by atoms with Crippen LogP contribution < -0.4 is 4.72 Å². The summed E-state index contributed by atoms with van der Waals surface area (Å²) >= 11 is 3.10. The lowest BCUT2D eigenvalue weighted by Gasteiger charge is -2.07. The summed E-state index contributed by atoms with van der Waals surface area (Å²) in [5.74, 6) is -0.676. The predicted molar refractivity (Wildman–Crippen MR) is 80.9 cm³/mol. The first kappa shape index (κ1) is 16.0. The molecule has 0 bridgehead atoms. The first-order chi connectivity index (χ1) is 9.87. The van der Waals surface area contributed by atoms with Crippen molar-refractivity contribution in [1.82, 2.24) is 4.57 Å². The average Bonchev–Trinajstić information content (AvgIpc) is 2.86. The van der Waals surface area contributed by atoms with Gasteiger partial charge in [0.15, 0.2) is 0 Å². The van der Waals surface area contributed by atoms with Crippen molar-refractivity contribution in [3.05, 3.63) is 46.4 Å². The third kappa shape index (κ3) is 3.45. The molecule has 0 saturated heterocycles. The number of aliphatic hydroxyl groups is 1. The van der Waals surface area contributed by atoms with Crippen molar-refractivity contribution in [3.63, 3.8) is 0 Å². The van der Waals surface area contributed by atoms with E-state index in [0.717, 1.165) is 0 Å². The average molecular weight is 377 g/mol. The van der Waals surface area contributed by atoms with Crippen LogP contribution in [0.3, 0.4) is 0 Å². The standard InChI is InChI=1S/C13H14BrFN2O3S/c1-2-17-7-11(6-10(17)8-18)21(19,20)16-13-4-3-9(14)5-12(13)15/h3-7,16,18H,2,8H2,1H3. The van der Waals surface area contributed by atoms with Gasteiger partial charge in [-0.1, -0.05) is 15.9 Å². The van der Waals surface area contributed by atoms with Crippen molar-refractivity contribution >= 4 is 31.6 Å². The number of aromatic nitrogens is 1. The van der Waals surface area contributed by atoms with Gasteiger partial charge in [0.05, 0.1) is 12.3 Å². The van der Waals surface area contributed by atoms with Crippen LogP contribution in [0.1, 0.15) is 12.6 Å². The molecule has 0 saturated carbocycles. The number of sulfonamides is 1. The van der Waals surface area contributed by atoms with Crippen LogP contribution in [0.15, 0.2) is 39.8 Å². The van der Waals surface area contributed by atoms with Gasteiger partial charge in [-0.2, -0.15) is 0 Å². The second-order valence-electron chi connectivity index (χ2n) is 4.34. The number of aliphatic hydroxyl groups excluding tert-OH is 1. The first-order valence-corrected chi connectivity index (χ1v) is 8.42. The van der Waals surface area contributed by atoms with Gasteiger partial charge in [0.25, 0.3) is 10.0 Å². The first-order valence-electron chi connectivity index (χ1n) is 6.15. The van der Waals surface area contributed by atoms with Crippen molar-refractivity contribution in [1.29, 1.82) is 0 Å². The van der Waals surface area contributed by atoms with E-state index in [1.165, 1.54) is 30.5 Å². The predicted octanol–water partition coefficient (Wildman–Crippen LogP) is 2.70. The van der Waals surface area contributed by atoms with Crippen LogP contribution in [0.2, 0.25) is 0 Å². The quantitative estimate of drug-likeness (QED) is 0.842. The summed E-state index contributed by atoms with van der Waals surface area (Å²) in [7, 11) is -3.91. The molecule has 2 N–H and O–H groups in total. The number of hydrogen-bond acceptors (Lipinski definition) is 3. The van der Waals surface area contributed by atoms with Crippen molar-refractivity contribution in [2.75, 3.05) is 4.72 Å². The van der Waals surface area contributed by atoms with Gasteiger partial charge in [0.2, 0.25) is 0 Å². The Bertz CT molecular complexity index is 737. The fourth-order valence-corrected chi connectivity index (χ4v) is 3.34. The van der Waals surface area contributed by atoms with E-state index in [1.807, 2.05) is 6.92 Å². The fourth-order valence-electron chi connectivity index (χ4n) is 1.87. The summed E-state index contributed by atoms with van der Waals surface area (Å²) in [4.78, 5) is -0.0179. The number of hydrogen-bond donors (Lipinski definition) is 2. The highest BCUT2D eigenvalue weighted by Crippen LogP contribution is 2.23. The van der Waals surface area contributed by atoms with Crippen LogP contribution in [0.25, 0.3) is 0 Å². The molecule has 2 aromatic rings. The van der Waals surface area contributed by atoms with Gasteiger partial charge in [-0.3, -0.25) is 4.72 Å². The summed E-state index contributed by atoms with van der Waals surface area (Å²) in [5.41, 5.74) is 0.349. The van der Waals surface area contributed by atoms with Crippen LogP contribution in [0.4, 0.5) is 10.1 Å². The van der Waals surface area contributed by atoms with E-state index in [9.17, 15) is 17.9 Å². The Morgan fingerprint density at radius 3 is 2.62 bits per heavy atom. The molecule has 0 radical (unpaired) electrons. The van der Waals surface area contributed by atoms with Crippen LogP contribution in [0, 0.1) is 5.82 Å². The Labute approximate surface area is 130 Å². The topological polar surface area (TPSA) is 71.3 Å². The number of nitrogens with one attached hydrogen (secondary N) is 1. The number of nitrogens with zero attached hydrogens (tertiary/aromatic N) is 1. The van der Waals surface area contributed by atoms with Crippen molar-refractivity contribution < 1.29 is 17.9 Å². The van der Waals surface area contributed by atoms with Gasteiger partial charge in [-0.25, -0.2) is 12.8 Å². The van der Waals surface area contributed by atoms with E-state index >= 15 is 0 Å². The lowest BCUT2D eigenvalue weighted by atomic mass is 10.3. The molecule has 8 heteroatoms. The summed E-state index contributed by atoms with van der Waals surface area (Å²) in [6.07, 6.45) is 1.41. The third-order valence-corrected chi connectivity index (χ3v) is 4.78. The minimum atomic E-state index is -3.91. The molecule has 0 spiro atoms. The molecule has 0 aliphatic rings. The monoisotopic (exact) mass is 376 g/mol. The van der Waals surface area contributed by atoms with Gasteiger partial charge in [0, 0.05) is 22.9 Å². The molecule has 5 nitrogen and oxygen atoms in total. The molecule has 2 rings (SSSR count). The van der Waals surface area contributed by atoms with Crippen LogP contribution in [0.5, 0.6) is 0 Å². The molecular weight excluding hydrogens is 363 g/mol. The summed E-state index contributed by atoms with van der Waals surface area (Å²) in [6.45, 7) is 2.09. The number of benzene rings is 1. The molecular formula is C13H14BrFN2O3S. The second kappa shape index (κ2) is 6.17. The van der Waals surface area contributed by atoms with Gasteiger partial charge < -0.3 is 9.67 Å².